The van der Waals surface area contributed by atoms with E-state index in [1.54, 1.807) is 0 Å². The molecule has 0 atom stereocenters. The van der Waals surface area contributed by atoms with Crippen LogP contribution in [0.4, 0.5) is 4.79 Å². The van der Waals surface area contributed by atoms with Gasteiger partial charge in [0.1, 0.15) is 0 Å². The van der Waals surface area contributed by atoms with Crippen LogP contribution in [0.5, 0.6) is 11.5 Å². The number of nitrogens with one attached hydrogen (secondary N) is 2. The van der Waals surface area contributed by atoms with E-state index in [-0.39, 0.29) is 12.1 Å². The third kappa shape index (κ3) is 4.33. The Morgan fingerprint density at radius 3 is 2.75 bits per heavy atom. The molecule has 0 saturated heterocycles. The number of benzene rings is 1. The zero-order valence-corrected chi connectivity index (χ0v) is 12.1. The van der Waals surface area contributed by atoms with Crippen molar-refractivity contribution < 1.29 is 14.3 Å². The first kappa shape index (κ1) is 14.5. The first-order valence-corrected chi connectivity index (χ1v) is 7.08. The van der Waals surface area contributed by atoms with Gasteiger partial charge in [0.15, 0.2) is 11.5 Å². The third-order valence-electron chi connectivity index (χ3n) is 2.93. The van der Waals surface area contributed by atoms with Crippen LogP contribution in [-0.2, 0) is 6.42 Å². The van der Waals surface area contributed by atoms with Gasteiger partial charge in [0.2, 0.25) is 0 Å². The highest BCUT2D eigenvalue weighted by atomic mass is 16.5. The van der Waals surface area contributed by atoms with Gasteiger partial charge in [-0.25, -0.2) is 4.79 Å². The molecule has 1 aromatic carbocycles. The molecule has 1 aliphatic heterocycles. The molecule has 0 aromatic heterocycles. The molecular weight excluding hydrogens is 256 g/mol. The predicted molar refractivity (Wildman–Crippen MR) is 77.4 cm³/mol. The number of ether oxygens (including phenoxy) is 2. The largest absolute Gasteiger partial charge is 0.490 e. The van der Waals surface area contributed by atoms with Gasteiger partial charge >= 0.3 is 6.03 Å². The normalized spacial score (nSPS) is 13.8. The van der Waals surface area contributed by atoms with Crippen LogP contribution in [-0.4, -0.2) is 31.8 Å². The molecule has 5 nitrogen and oxygen atoms in total. The van der Waals surface area contributed by atoms with Crippen molar-refractivity contribution in [1.29, 1.82) is 0 Å². The summed E-state index contributed by atoms with van der Waals surface area (Å²) in [7, 11) is 0. The van der Waals surface area contributed by atoms with E-state index in [0.717, 1.165) is 29.9 Å². The summed E-state index contributed by atoms with van der Waals surface area (Å²) < 4.78 is 11.2. The predicted octanol–water partition coefficient (Wildman–Crippen LogP) is 2.10. The molecule has 110 valence electrons. The fraction of sp³-hybridized carbons (Fsp3) is 0.533. The van der Waals surface area contributed by atoms with E-state index in [1.807, 2.05) is 32.0 Å². The monoisotopic (exact) mass is 278 g/mol. The van der Waals surface area contributed by atoms with Crippen molar-refractivity contribution in [3.8, 4) is 11.5 Å². The maximum atomic E-state index is 11.5. The highest BCUT2D eigenvalue weighted by molar-refractivity contribution is 5.74. The van der Waals surface area contributed by atoms with E-state index >= 15 is 0 Å². The van der Waals surface area contributed by atoms with Crippen molar-refractivity contribution in [3.05, 3.63) is 23.8 Å². The van der Waals surface area contributed by atoms with Gasteiger partial charge in [0.25, 0.3) is 0 Å². The molecule has 1 heterocycles. The molecule has 1 aromatic rings. The quantitative estimate of drug-likeness (QED) is 0.886. The number of amides is 2. The lowest BCUT2D eigenvalue weighted by atomic mass is 10.1. The molecule has 0 fully saturated rings. The Balaban J connectivity index is 1.84. The summed E-state index contributed by atoms with van der Waals surface area (Å²) in [6.07, 6.45) is 1.67. The van der Waals surface area contributed by atoms with E-state index in [4.69, 9.17) is 9.47 Å². The molecule has 0 bridgehead atoms. The van der Waals surface area contributed by atoms with E-state index in [1.165, 1.54) is 0 Å². The van der Waals surface area contributed by atoms with Gasteiger partial charge in [-0.15, -0.1) is 0 Å². The van der Waals surface area contributed by atoms with Gasteiger partial charge in [-0.05, 0) is 38.0 Å². The Morgan fingerprint density at radius 1 is 1.25 bits per heavy atom. The molecule has 0 spiro atoms. The van der Waals surface area contributed by atoms with E-state index < -0.39 is 0 Å². The molecule has 0 aliphatic carbocycles. The maximum absolute atomic E-state index is 11.5. The number of carbonyl (C=O) groups is 1. The average molecular weight is 278 g/mol. The summed E-state index contributed by atoms with van der Waals surface area (Å²) >= 11 is 0. The average Bonchev–Trinajstić information content (AvgIpc) is 2.62. The van der Waals surface area contributed by atoms with Gasteiger partial charge in [0.05, 0.1) is 13.2 Å². The second-order valence-corrected chi connectivity index (χ2v) is 5.14. The van der Waals surface area contributed by atoms with Crippen molar-refractivity contribution in [2.24, 2.45) is 0 Å². The number of urea groups is 1. The summed E-state index contributed by atoms with van der Waals surface area (Å²) in [6.45, 7) is 5.85. The van der Waals surface area contributed by atoms with Gasteiger partial charge in [0, 0.05) is 19.0 Å². The molecule has 0 unspecified atom stereocenters. The van der Waals surface area contributed by atoms with Crippen molar-refractivity contribution in [1.82, 2.24) is 10.6 Å². The Morgan fingerprint density at radius 2 is 2.00 bits per heavy atom. The standard InChI is InChI=1S/C15H22N2O3/c1-11(2)17-15(18)16-7-6-12-4-5-13-14(10-12)20-9-3-8-19-13/h4-5,10-11H,3,6-9H2,1-2H3,(H2,16,17,18). The summed E-state index contributed by atoms with van der Waals surface area (Å²) in [5.41, 5.74) is 1.12. The van der Waals surface area contributed by atoms with Crippen LogP contribution in [0, 0.1) is 0 Å². The smallest absolute Gasteiger partial charge is 0.314 e. The molecule has 20 heavy (non-hydrogen) atoms. The highest BCUT2D eigenvalue weighted by Gasteiger charge is 2.10. The van der Waals surface area contributed by atoms with Crippen molar-refractivity contribution in [3.63, 3.8) is 0 Å². The Kier molecular flexibility index (Phi) is 5.09. The minimum absolute atomic E-state index is 0.130. The lowest BCUT2D eigenvalue weighted by Gasteiger charge is -2.11. The van der Waals surface area contributed by atoms with Crippen LogP contribution < -0.4 is 20.1 Å². The van der Waals surface area contributed by atoms with Crippen LogP contribution in [0.2, 0.25) is 0 Å². The molecular formula is C15H22N2O3. The van der Waals surface area contributed by atoms with E-state index in [0.29, 0.717) is 19.8 Å². The number of hydrogen-bond donors (Lipinski definition) is 2. The minimum atomic E-state index is -0.130. The highest BCUT2D eigenvalue weighted by Crippen LogP contribution is 2.30. The van der Waals surface area contributed by atoms with Gasteiger partial charge < -0.3 is 20.1 Å². The van der Waals surface area contributed by atoms with Gasteiger partial charge in [-0.2, -0.15) is 0 Å². The Bertz CT molecular complexity index is 460. The maximum Gasteiger partial charge on any atom is 0.314 e. The topological polar surface area (TPSA) is 59.6 Å². The van der Waals surface area contributed by atoms with Crippen molar-refractivity contribution in [2.45, 2.75) is 32.7 Å². The van der Waals surface area contributed by atoms with E-state index in [9.17, 15) is 4.79 Å². The molecule has 2 N–H and O–H groups in total. The summed E-state index contributed by atoms with van der Waals surface area (Å²) in [4.78, 5) is 11.5. The summed E-state index contributed by atoms with van der Waals surface area (Å²) in [5, 5.41) is 5.63. The lowest BCUT2D eigenvalue weighted by Crippen LogP contribution is -2.40. The summed E-state index contributed by atoms with van der Waals surface area (Å²) in [5.74, 6) is 1.60. The number of hydrogen-bond acceptors (Lipinski definition) is 3. The van der Waals surface area contributed by atoms with E-state index in [2.05, 4.69) is 10.6 Å². The fourth-order valence-corrected chi connectivity index (χ4v) is 2.00. The van der Waals surface area contributed by atoms with Crippen molar-refractivity contribution in [2.75, 3.05) is 19.8 Å². The Labute approximate surface area is 119 Å². The van der Waals surface area contributed by atoms with Crippen LogP contribution in [0.25, 0.3) is 0 Å². The van der Waals surface area contributed by atoms with Gasteiger partial charge in [-0.3, -0.25) is 0 Å². The zero-order chi connectivity index (χ0) is 14.4. The van der Waals surface area contributed by atoms with Crippen LogP contribution in [0.1, 0.15) is 25.8 Å². The first-order chi connectivity index (χ1) is 9.65. The molecule has 2 rings (SSSR count). The molecule has 1 aliphatic rings. The molecule has 0 saturated carbocycles. The number of fused-ring (bicyclic) bond motifs is 1. The molecule has 0 radical (unpaired) electrons. The van der Waals surface area contributed by atoms with Crippen LogP contribution in [0.15, 0.2) is 18.2 Å². The molecule has 2 amide bonds. The van der Waals surface area contributed by atoms with Crippen molar-refractivity contribution >= 4 is 6.03 Å². The SMILES string of the molecule is CC(C)NC(=O)NCCc1ccc2c(c1)OCCCO2. The third-order valence-corrected chi connectivity index (χ3v) is 2.93. The first-order valence-electron chi connectivity index (χ1n) is 7.08. The number of carbonyl (C=O) groups excluding carboxylic acids is 1. The second-order valence-electron chi connectivity index (χ2n) is 5.14. The lowest BCUT2D eigenvalue weighted by molar-refractivity contribution is 0.238. The zero-order valence-electron chi connectivity index (χ0n) is 12.1. The number of rotatable bonds is 4. The summed E-state index contributed by atoms with van der Waals surface area (Å²) in [6, 6.07) is 5.95. The molecule has 5 heteroatoms. The van der Waals surface area contributed by atoms with Gasteiger partial charge in [-0.1, -0.05) is 6.07 Å². The minimum Gasteiger partial charge on any atom is -0.490 e. The van der Waals surface area contributed by atoms with Crippen LogP contribution in [0.3, 0.4) is 0 Å². The van der Waals surface area contributed by atoms with Crippen LogP contribution >= 0.6 is 0 Å². The Hall–Kier alpha value is -1.91. The second kappa shape index (κ2) is 7.03. The fourth-order valence-electron chi connectivity index (χ4n) is 2.00.